The van der Waals surface area contributed by atoms with Crippen LogP contribution in [0.1, 0.15) is 43.8 Å². The summed E-state index contributed by atoms with van der Waals surface area (Å²) in [6.45, 7) is 7.54. The minimum atomic E-state index is 0.267. The summed E-state index contributed by atoms with van der Waals surface area (Å²) >= 11 is 0. The van der Waals surface area contributed by atoms with Gasteiger partial charge in [0.15, 0.2) is 5.82 Å². The highest BCUT2D eigenvalue weighted by atomic mass is 16.5. The molecule has 5 nitrogen and oxygen atoms in total. The molecular weight excluding hydrogens is 206 g/mol. The van der Waals surface area contributed by atoms with Crippen LogP contribution in [0.25, 0.3) is 0 Å². The molecule has 2 rings (SSSR count). The Morgan fingerprint density at radius 2 is 2.44 bits per heavy atom. The average molecular weight is 225 g/mol. The van der Waals surface area contributed by atoms with E-state index in [1.807, 2.05) is 0 Å². The molecule has 2 atom stereocenters. The molecule has 1 saturated heterocycles. The second-order valence-electron chi connectivity index (χ2n) is 4.26. The number of hydrogen-bond acceptors (Lipinski definition) is 5. The van der Waals surface area contributed by atoms with Crippen molar-refractivity contribution in [1.29, 1.82) is 0 Å². The molecule has 90 valence electrons. The molecular formula is C11H19N3O2. The lowest BCUT2D eigenvalue weighted by Gasteiger charge is -2.05. The highest BCUT2D eigenvalue weighted by Gasteiger charge is 2.24. The molecule has 5 heteroatoms. The highest BCUT2D eigenvalue weighted by molar-refractivity contribution is 5.00. The number of hydrogen-bond donors (Lipinski definition) is 1. The maximum Gasteiger partial charge on any atom is 0.230 e. The van der Waals surface area contributed by atoms with Gasteiger partial charge in [-0.2, -0.15) is 4.98 Å². The molecule has 1 N–H and O–H groups in total. The molecule has 0 aliphatic carbocycles. The van der Waals surface area contributed by atoms with Crippen molar-refractivity contribution in [2.24, 2.45) is 0 Å². The van der Waals surface area contributed by atoms with Crippen molar-refractivity contribution < 1.29 is 9.26 Å². The molecule has 1 aliphatic heterocycles. The van der Waals surface area contributed by atoms with Gasteiger partial charge in [-0.25, -0.2) is 0 Å². The van der Waals surface area contributed by atoms with Gasteiger partial charge in [0, 0.05) is 25.0 Å². The molecule has 0 amide bonds. The van der Waals surface area contributed by atoms with E-state index in [0.29, 0.717) is 5.92 Å². The lowest BCUT2D eigenvalue weighted by molar-refractivity contribution is 0.192. The van der Waals surface area contributed by atoms with E-state index in [2.05, 4.69) is 29.3 Å². The highest BCUT2D eigenvalue weighted by Crippen LogP contribution is 2.23. The number of aromatic nitrogens is 2. The zero-order valence-electron chi connectivity index (χ0n) is 9.90. The Morgan fingerprint density at radius 3 is 3.12 bits per heavy atom. The molecule has 2 heterocycles. The van der Waals surface area contributed by atoms with Crippen molar-refractivity contribution in [2.75, 3.05) is 26.3 Å². The Morgan fingerprint density at radius 1 is 1.56 bits per heavy atom. The first kappa shape index (κ1) is 11.5. The van der Waals surface area contributed by atoms with Crippen molar-refractivity contribution in [1.82, 2.24) is 15.5 Å². The van der Waals surface area contributed by atoms with Gasteiger partial charge in [0.25, 0.3) is 0 Å². The maximum absolute atomic E-state index is 5.31. The summed E-state index contributed by atoms with van der Waals surface area (Å²) in [7, 11) is 0. The Bertz CT molecular complexity index is 321. The van der Waals surface area contributed by atoms with Crippen molar-refractivity contribution in [3.8, 4) is 0 Å². The maximum atomic E-state index is 5.31. The summed E-state index contributed by atoms with van der Waals surface area (Å²) in [5, 5.41) is 7.31. The predicted octanol–water partition coefficient (Wildman–Crippen LogP) is 1.29. The zero-order chi connectivity index (χ0) is 11.4. The molecule has 2 unspecified atom stereocenters. The van der Waals surface area contributed by atoms with E-state index >= 15 is 0 Å². The normalized spacial score (nSPS) is 22.5. The number of nitrogens with zero attached hydrogens (tertiary/aromatic N) is 2. The summed E-state index contributed by atoms with van der Waals surface area (Å²) in [6.07, 6.45) is 1.00. The first-order valence-corrected chi connectivity index (χ1v) is 5.93. The van der Waals surface area contributed by atoms with E-state index in [1.165, 1.54) is 0 Å². The molecule has 0 aromatic carbocycles. The van der Waals surface area contributed by atoms with Crippen LogP contribution >= 0.6 is 0 Å². The van der Waals surface area contributed by atoms with Crippen LogP contribution in [-0.4, -0.2) is 36.4 Å². The second kappa shape index (κ2) is 5.41. The molecule has 1 aromatic heterocycles. The van der Waals surface area contributed by atoms with E-state index in [9.17, 15) is 0 Å². The minimum Gasteiger partial charge on any atom is -0.381 e. The molecule has 16 heavy (non-hydrogen) atoms. The molecule has 1 fully saturated rings. The van der Waals surface area contributed by atoms with Crippen molar-refractivity contribution in [3.63, 3.8) is 0 Å². The summed E-state index contributed by atoms with van der Waals surface area (Å²) in [5.41, 5.74) is 0. The predicted molar refractivity (Wildman–Crippen MR) is 59.4 cm³/mol. The van der Waals surface area contributed by atoms with E-state index in [-0.39, 0.29) is 5.92 Å². The molecule has 0 saturated carbocycles. The smallest absolute Gasteiger partial charge is 0.230 e. The van der Waals surface area contributed by atoms with Gasteiger partial charge in [-0.05, 0) is 13.0 Å². The van der Waals surface area contributed by atoms with E-state index in [1.54, 1.807) is 0 Å². The number of nitrogens with one attached hydrogen (secondary N) is 1. The minimum absolute atomic E-state index is 0.267. The van der Waals surface area contributed by atoms with Gasteiger partial charge >= 0.3 is 0 Å². The molecule has 0 radical (unpaired) electrons. The van der Waals surface area contributed by atoms with Crippen LogP contribution in [0.15, 0.2) is 4.52 Å². The summed E-state index contributed by atoms with van der Waals surface area (Å²) in [5.74, 6) is 2.12. The van der Waals surface area contributed by atoms with Gasteiger partial charge in [0.05, 0.1) is 6.61 Å². The molecule has 1 aliphatic rings. The van der Waals surface area contributed by atoms with Crippen LogP contribution < -0.4 is 5.32 Å². The van der Waals surface area contributed by atoms with Crippen molar-refractivity contribution in [3.05, 3.63) is 11.7 Å². The van der Waals surface area contributed by atoms with E-state index in [0.717, 1.165) is 44.4 Å². The number of ether oxygens (including phenoxy) is 1. The van der Waals surface area contributed by atoms with Crippen LogP contribution in [-0.2, 0) is 4.74 Å². The standard InChI is InChI=1S/C11H19N3O2/c1-3-12-6-8(2)11-13-10(14-16-11)9-4-5-15-7-9/h8-9,12H,3-7H2,1-2H3. The van der Waals surface area contributed by atoms with Crippen LogP contribution in [0.4, 0.5) is 0 Å². The first-order chi connectivity index (χ1) is 7.81. The van der Waals surface area contributed by atoms with Gasteiger partial charge in [-0.15, -0.1) is 0 Å². The summed E-state index contributed by atoms with van der Waals surface area (Å²) in [4.78, 5) is 4.45. The van der Waals surface area contributed by atoms with Crippen molar-refractivity contribution in [2.45, 2.75) is 32.1 Å². The molecule has 0 bridgehead atoms. The lowest BCUT2D eigenvalue weighted by atomic mass is 10.1. The van der Waals surface area contributed by atoms with Gasteiger partial charge in [-0.3, -0.25) is 0 Å². The Labute approximate surface area is 95.6 Å². The fraction of sp³-hybridized carbons (Fsp3) is 0.818. The Balaban J connectivity index is 1.95. The number of rotatable bonds is 5. The first-order valence-electron chi connectivity index (χ1n) is 5.93. The van der Waals surface area contributed by atoms with Gasteiger partial charge < -0.3 is 14.6 Å². The van der Waals surface area contributed by atoms with Crippen LogP contribution in [0.3, 0.4) is 0 Å². The van der Waals surface area contributed by atoms with Crippen LogP contribution in [0.2, 0.25) is 0 Å². The number of likely N-dealkylation sites (N-methyl/N-ethyl adjacent to an activating group) is 1. The zero-order valence-corrected chi connectivity index (χ0v) is 9.90. The largest absolute Gasteiger partial charge is 0.381 e. The quantitative estimate of drug-likeness (QED) is 0.818. The van der Waals surface area contributed by atoms with Gasteiger partial charge in [0.1, 0.15) is 0 Å². The SMILES string of the molecule is CCNCC(C)c1nc(C2CCOC2)no1. The molecule has 1 aromatic rings. The molecule has 0 spiro atoms. The third kappa shape index (κ3) is 2.59. The lowest BCUT2D eigenvalue weighted by Crippen LogP contribution is -2.19. The third-order valence-corrected chi connectivity index (χ3v) is 2.87. The summed E-state index contributed by atoms with van der Waals surface area (Å²) in [6, 6.07) is 0. The van der Waals surface area contributed by atoms with E-state index in [4.69, 9.17) is 9.26 Å². The van der Waals surface area contributed by atoms with E-state index < -0.39 is 0 Å². The van der Waals surface area contributed by atoms with Crippen molar-refractivity contribution >= 4 is 0 Å². The van der Waals surface area contributed by atoms with Crippen LogP contribution in [0.5, 0.6) is 0 Å². The fourth-order valence-electron chi connectivity index (χ4n) is 1.80. The average Bonchev–Trinajstić information content (AvgIpc) is 2.94. The Kier molecular flexibility index (Phi) is 3.90. The van der Waals surface area contributed by atoms with Crippen LogP contribution in [0, 0.1) is 0 Å². The topological polar surface area (TPSA) is 60.2 Å². The van der Waals surface area contributed by atoms with Gasteiger partial charge in [-0.1, -0.05) is 19.0 Å². The Hall–Kier alpha value is -0.940. The third-order valence-electron chi connectivity index (χ3n) is 2.87. The second-order valence-corrected chi connectivity index (χ2v) is 4.26. The fourth-order valence-corrected chi connectivity index (χ4v) is 1.80. The monoisotopic (exact) mass is 225 g/mol. The summed E-state index contributed by atoms with van der Waals surface area (Å²) < 4.78 is 10.6. The van der Waals surface area contributed by atoms with Gasteiger partial charge in [0.2, 0.25) is 5.89 Å².